The minimum absolute atomic E-state index is 0.0604. The van der Waals surface area contributed by atoms with Gasteiger partial charge in [-0.15, -0.1) is 0 Å². The Bertz CT molecular complexity index is 639. The van der Waals surface area contributed by atoms with Crippen molar-refractivity contribution in [3.8, 4) is 0 Å². The number of hydrogen-bond donors (Lipinski definition) is 2. The number of hydrogen-bond acceptors (Lipinski definition) is 3. The molecule has 0 heterocycles. The number of nitrogen functional groups attached to an aromatic ring is 1. The molecule has 1 fully saturated rings. The maximum absolute atomic E-state index is 14.0. The number of halogens is 3. The molecule has 1 aliphatic carbocycles. The van der Waals surface area contributed by atoms with Gasteiger partial charge in [-0.2, -0.15) is 0 Å². The molecular formula is C12H15BrClFN2O2S. The van der Waals surface area contributed by atoms with E-state index in [0.717, 1.165) is 25.3 Å². The number of nitrogens with two attached hydrogens (primary N) is 1. The fourth-order valence-corrected chi connectivity index (χ4v) is 4.14. The van der Waals surface area contributed by atoms with E-state index in [0.29, 0.717) is 5.92 Å². The lowest BCUT2D eigenvalue weighted by Crippen LogP contribution is -2.28. The Hall–Kier alpha value is -0.370. The van der Waals surface area contributed by atoms with Crippen LogP contribution in [0.2, 0.25) is 5.02 Å². The van der Waals surface area contributed by atoms with E-state index in [9.17, 15) is 12.8 Å². The van der Waals surface area contributed by atoms with Crippen LogP contribution in [0, 0.1) is 11.7 Å². The molecule has 0 aromatic heterocycles. The van der Waals surface area contributed by atoms with Gasteiger partial charge in [0.2, 0.25) is 10.0 Å². The summed E-state index contributed by atoms with van der Waals surface area (Å²) in [5.41, 5.74) is 5.20. The molecule has 112 valence electrons. The van der Waals surface area contributed by atoms with Crippen LogP contribution < -0.4 is 10.5 Å². The Labute approximate surface area is 131 Å². The van der Waals surface area contributed by atoms with Gasteiger partial charge in [0.05, 0.1) is 15.2 Å². The van der Waals surface area contributed by atoms with Gasteiger partial charge in [-0.05, 0) is 40.8 Å². The zero-order valence-corrected chi connectivity index (χ0v) is 13.9. The zero-order chi connectivity index (χ0) is 15.1. The zero-order valence-electron chi connectivity index (χ0n) is 10.8. The van der Waals surface area contributed by atoms with Gasteiger partial charge in [0.25, 0.3) is 0 Å². The summed E-state index contributed by atoms with van der Waals surface area (Å²) in [5.74, 6) is -0.650. The molecule has 2 rings (SSSR count). The summed E-state index contributed by atoms with van der Waals surface area (Å²) < 4.78 is 41.1. The fraction of sp³-hybridized carbons (Fsp3) is 0.500. The maximum atomic E-state index is 14.0. The lowest BCUT2D eigenvalue weighted by atomic mass is 10.2. The molecule has 0 amide bonds. The van der Waals surface area contributed by atoms with E-state index in [4.69, 9.17) is 17.3 Å². The van der Waals surface area contributed by atoms with Gasteiger partial charge in [-0.3, -0.25) is 0 Å². The lowest BCUT2D eigenvalue weighted by Gasteiger charge is -2.11. The third-order valence-corrected chi connectivity index (χ3v) is 6.20. The predicted octanol–water partition coefficient (Wildman–Crippen LogP) is 3.29. The highest BCUT2D eigenvalue weighted by Gasteiger charge is 2.40. The van der Waals surface area contributed by atoms with Crippen LogP contribution >= 0.6 is 27.5 Å². The van der Waals surface area contributed by atoms with Gasteiger partial charge in [0, 0.05) is 6.04 Å². The van der Waals surface area contributed by atoms with Crippen LogP contribution in [-0.2, 0) is 10.0 Å². The van der Waals surface area contributed by atoms with Crippen LogP contribution in [0.15, 0.2) is 15.4 Å². The van der Waals surface area contributed by atoms with Crippen LogP contribution in [0.1, 0.15) is 26.2 Å². The lowest BCUT2D eigenvalue weighted by molar-refractivity contribution is 0.553. The topological polar surface area (TPSA) is 72.2 Å². The first-order chi connectivity index (χ1) is 9.27. The molecule has 1 aromatic rings. The Balaban J connectivity index is 2.27. The number of anilines is 1. The van der Waals surface area contributed by atoms with Crippen molar-refractivity contribution in [2.75, 3.05) is 5.73 Å². The molecule has 2 unspecified atom stereocenters. The van der Waals surface area contributed by atoms with E-state index in [1.165, 1.54) is 0 Å². The molecule has 0 saturated heterocycles. The molecule has 8 heteroatoms. The van der Waals surface area contributed by atoms with Crippen LogP contribution in [0.4, 0.5) is 10.1 Å². The molecule has 4 nitrogen and oxygen atoms in total. The normalized spacial score (nSPS) is 22.0. The van der Waals surface area contributed by atoms with Gasteiger partial charge in [0.1, 0.15) is 4.90 Å². The Kier molecular flexibility index (Phi) is 4.63. The van der Waals surface area contributed by atoms with Crippen LogP contribution in [-0.4, -0.2) is 14.5 Å². The standard InChI is InChI=1S/C12H15BrClFN2O2S/c1-2-3-6-4-8(6)17-20(18,19)9-5-7(14)10(13)12(16)11(9)15/h5-6,8,17H,2-4,16H2,1H3. The minimum atomic E-state index is -3.95. The Morgan fingerprint density at radius 3 is 2.85 bits per heavy atom. The van der Waals surface area contributed by atoms with E-state index in [1.54, 1.807) is 0 Å². The first kappa shape index (κ1) is 16.0. The molecule has 1 aliphatic rings. The highest BCUT2D eigenvalue weighted by Crippen LogP contribution is 2.38. The quantitative estimate of drug-likeness (QED) is 0.603. The van der Waals surface area contributed by atoms with Gasteiger partial charge in [-0.1, -0.05) is 24.9 Å². The van der Waals surface area contributed by atoms with Crippen molar-refractivity contribution in [2.45, 2.75) is 37.1 Å². The molecule has 0 aliphatic heterocycles. The number of rotatable bonds is 5. The second-order valence-corrected chi connectivity index (χ2v) is 7.79. The van der Waals surface area contributed by atoms with Gasteiger partial charge >= 0.3 is 0 Å². The second kappa shape index (κ2) is 5.79. The summed E-state index contributed by atoms with van der Waals surface area (Å²) in [4.78, 5) is -0.509. The molecular weight excluding hydrogens is 371 g/mol. The van der Waals surface area contributed by atoms with Crippen LogP contribution in [0.5, 0.6) is 0 Å². The molecule has 20 heavy (non-hydrogen) atoms. The highest BCUT2D eigenvalue weighted by molar-refractivity contribution is 9.10. The van der Waals surface area contributed by atoms with E-state index < -0.39 is 20.7 Å². The smallest absolute Gasteiger partial charge is 0.243 e. The third-order valence-electron chi connectivity index (χ3n) is 3.33. The van der Waals surface area contributed by atoms with Crippen molar-refractivity contribution in [1.29, 1.82) is 0 Å². The summed E-state index contributed by atoms with van der Waals surface area (Å²) in [6, 6.07) is 0.944. The summed E-state index contributed by atoms with van der Waals surface area (Å²) >= 11 is 8.85. The van der Waals surface area contributed by atoms with Crippen molar-refractivity contribution >= 4 is 43.2 Å². The Morgan fingerprint density at radius 1 is 1.60 bits per heavy atom. The minimum Gasteiger partial charge on any atom is -0.395 e. The Morgan fingerprint density at radius 2 is 2.25 bits per heavy atom. The first-order valence-corrected chi connectivity index (χ1v) is 8.88. The summed E-state index contributed by atoms with van der Waals surface area (Å²) in [5, 5.41) is 0.0604. The van der Waals surface area contributed by atoms with Crippen molar-refractivity contribution < 1.29 is 12.8 Å². The average Bonchev–Trinajstić information content (AvgIpc) is 3.08. The van der Waals surface area contributed by atoms with E-state index >= 15 is 0 Å². The molecule has 0 spiro atoms. The van der Waals surface area contributed by atoms with E-state index in [1.807, 2.05) is 6.92 Å². The third kappa shape index (κ3) is 3.10. The van der Waals surface area contributed by atoms with Gasteiger partial charge in [0.15, 0.2) is 5.82 Å². The molecule has 1 aromatic carbocycles. The van der Waals surface area contributed by atoms with Crippen LogP contribution in [0.3, 0.4) is 0 Å². The average molecular weight is 386 g/mol. The van der Waals surface area contributed by atoms with Crippen molar-refractivity contribution in [1.82, 2.24) is 4.72 Å². The largest absolute Gasteiger partial charge is 0.395 e. The van der Waals surface area contributed by atoms with Gasteiger partial charge < -0.3 is 5.73 Å². The monoisotopic (exact) mass is 384 g/mol. The highest BCUT2D eigenvalue weighted by atomic mass is 79.9. The summed E-state index contributed by atoms with van der Waals surface area (Å²) in [6.45, 7) is 2.04. The van der Waals surface area contributed by atoms with Crippen molar-refractivity contribution in [2.24, 2.45) is 5.92 Å². The van der Waals surface area contributed by atoms with Crippen molar-refractivity contribution in [3.05, 3.63) is 21.4 Å². The molecule has 0 bridgehead atoms. The maximum Gasteiger partial charge on any atom is 0.243 e. The molecule has 0 radical (unpaired) electrons. The number of benzene rings is 1. The summed E-state index contributed by atoms with van der Waals surface area (Å²) in [6.07, 6.45) is 2.74. The predicted molar refractivity (Wildman–Crippen MR) is 80.6 cm³/mol. The van der Waals surface area contributed by atoms with Crippen LogP contribution in [0.25, 0.3) is 0 Å². The van der Waals surface area contributed by atoms with Gasteiger partial charge in [-0.25, -0.2) is 17.5 Å². The molecule has 1 saturated carbocycles. The number of nitrogens with one attached hydrogen (secondary N) is 1. The van der Waals surface area contributed by atoms with E-state index in [-0.39, 0.29) is 21.2 Å². The second-order valence-electron chi connectivity index (χ2n) is 4.91. The van der Waals surface area contributed by atoms with E-state index in [2.05, 4.69) is 20.7 Å². The molecule has 2 atom stereocenters. The summed E-state index contributed by atoms with van der Waals surface area (Å²) in [7, 11) is -3.95. The van der Waals surface area contributed by atoms with Crippen molar-refractivity contribution in [3.63, 3.8) is 0 Å². The fourth-order valence-electron chi connectivity index (χ4n) is 2.14. The first-order valence-electron chi connectivity index (χ1n) is 6.23. The number of sulfonamides is 1. The molecule has 3 N–H and O–H groups in total. The SMILES string of the molecule is CCCC1CC1NS(=O)(=O)c1cc(Cl)c(Br)c(N)c1F.